The highest BCUT2D eigenvalue weighted by Gasteiger charge is 2.02. The maximum absolute atomic E-state index is 4.24. The van der Waals surface area contributed by atoms with Gasteiger partial charge in [-0.25, -0.2) is 14.6 Å². The van der Waals surface area contributed by atoms with Crippen LogP contribution in [0.2, 0.25) is 0 Å². The predicted octanol–water partition coefficient (Wildman–Crippen LogP) is 0.674. The Bertz CT molecular complexity index is 419. The molecule has 0 amide bonds. The van der Waals surface area contributed by atoms with Crippen molar-refractivity contribution >= 4 is 0 Å². The Morgan fingerprint density at radius 3 is 3.06 bits per heavy atom. The Kier molecular flexibility index (Phi) is 4.26. The van der Waals surface area contributed by atoms with Crippen LogP contribution in [-0.2, 0) is 19.6 Å². The lowest BCUT2D eigenvalue weighted by Gasteiger charge is -2.06. The molecule has 6 heteroatoms. The van der Waals surface area contributed by atoms with Crippen molar-refractivity contribution in [2.24, 2.45) is 0 Å². The van der Waals surface area contributed by atoms with Gasteiger partial charge in [-0.1, -0.05) is 6.92 Å². The molecule has 0 saturated heterocycles. The molecule has 0 spiro atoms. The van der Waals surface area contributed by atoms with Crippen molar-refractivity contribution in [2.45, 2.75) is 33.0 Å². The summed E-state index contributed by atoms with van der Waals surface area (Å²) in [7, 11) is 0. The van der Waals surface area contributed by atoms with Gasteiger partial charge in [-0.15, -0.1) is 0 Å². The fourth-order valence-electron chi connectivity index (χ4n) is 1.65. The summed E-state index contributed by atoms with van der Waals surface area (Å²) in [5, 5.41) is 7.54. The fraction of sp³-hybridized carbons (Fsp3) is 0.545. The van der Waals surface area contributed by atoms with Gasteiger partial charge >= 0.3 is 0 Å². The average molecular weight is 234 g/mol. The third kappa shape index (κ3) is 3.39. The van der Waals surface area contributed by atoms with Crippen LogP contribution in [0.4, 0.5) is 0 Å². The van der Waals surface area contributed by atoms with E-state index in [0.29, 0.717) is 0 Å². The van der Waals surface area contributed by atoms with Crippen LogP contribution >= 0.6 is 0 Å². The Balaban J connectivity index is 1.72. The number of nitrogens with one attached hydrogen (secondary N) is 1. The van der Waals surface area contributed by atoms with Crippen LogP contribution in [0.25, 0.3) is 0 Å². The molecule has 0 aliphatic heterocycles. The van der Waals surface area contributed by atoms with Gasteiger partial charge in [0.05, 0.1) is 12.9 Å². The van der Waals surface area contributed by atoms with Crippen molar-refractivity contribution in [2.75, 3.05) is 6.54 Å². The third-order valence-corrected chi connectivity index (χ3v) is 2.52. The summed E-state index contributed by atoms with van der Waals surface area (Å²) in [6.07, 6.45) is 8.26. The maximum atomic E-state index is 4.24. The molecule has 0 aromatic carbocycles. The standard InChI is InChI=1S/C11H18N6/c1-2-5-17-11(14-9-15-17)8-12-3-6-16-7-4-13-10-16/h4,7,9-10,12H,2-3,5-6,8H2,1H3. The molecule has 6 nitrogen and oxygen atoms in total. The topological polar surface area (TPSA) is 60.6 Å². The van der Waals surface area contributed by atoms with E-state index in [1.807, 2.05) is 21.8 Å². The Hall–Kier alpha value is -1.69. The molecule has 92 valence electrons. The Morgan fingerprint density at radius 2 is 2.29 bits per heavy atom. The molecule has 2 aromatic heterocycles. The van der Waals surface area contributed by atoms with Crippen LogP contribution in [0.3, 0.4) is 0 Å². The number of hydrogen-bond donors (Lipinski definition) is 1. The van der Waals surface area contributed by atoms with Gasteiger partial charge in [0.25, 0.3) is 0 Å². The van der Waals surface area contributed by atoms with E-state index < -0.39 is 0 Å². The van der Waals surface area contributed by atoms with Crippen LogP contribution in [0, 0.1) is 0 Å². The van der Waals surface area contributed by atoms with E-state index >= 15 is 0 Å². The number of aromatic nitrogens is 5. The highest BCUT2D eigenvalue weighted by molar-refractivity contribution is 4.83. The molecule has 0 fully saturated rings. The molecule has 0 atom stereocenters. The third-order valence-electron chi connectivity index (χ3n) is 2.52. The molecule has 0 aliphatic rings. The van der Waals surface area contributed by atoms with Gasteiger partial charge in [-0.2, -0.15) is 5.10 Å². The largest absolute Gasteiger partial charge is 0.336 e. The van der Waals surface area contributed by atoms with E-state index in [-0.39, 0.29) is 0 Å². The predicted molar refractivity (Wildman–Crippen MR) is 64.2 cm³/mol. The molecule has 1 N–H and O–H groups in total. The van der Waals surface area contributed by atoms with Gasteiger partial charge < -0.3 is 9.88 Å². The first-order valence-corrected chi connectivity index (χ1v) is 5.93. The SMILES string of the molecule is CCCn1ncnc1CNCCn1ccnc1. The summed E-state index contributed by atoms with van der Waals surface area (Å²) in [6, 6.07) is 0. The zero-order valence-electron chi connectivity index (χ0n) is 10.1. The molecule has 0 saturated carbocycles. The summed E-state index contributed by atoms with van der Waals surface area (Å²) >= 11 is 0. The van der Waals surface area contributed by atoms with Crippen LogP contribution in [0.15, 0.2) is 25.0 Å². The van der Waals surface area contributed by atoms with Crippen LogP contribution < -0.4 is 5.32 Å². The lowest BCUT2D eigenvalue weighted by molar-refractivity contribution is 0.528. The molecule has 0 bridgehead atoms. The highest BCUT2D eigenvalue weighted by atomic mass is 15.3. The highest BCUT2D eigenvalue weighted by Crippen LogP contribution is 1.95. The molecule has 0 aliphatic carbocycles. The molecule has 2 heterocycles. The molecule has 2 rings (SSSR count). The van der Waals surface area contributed by atoms with Crippen molar-refractivity contribution in [3.63, 3.8) is 0 Å². The van der Waals surface area contributed by atoms with E-state index in [1.165, 1.54) is 0 Å². The van der Waals surface area contributed by atoms with Gasteiger partial charge in [0.15, 0.2) is 0 Å². The van der Waals surface area contributed by atoms with E-state index in [9.17, 15) is 0 Å². The minimum Gasteiger partial charge on any atom is -0.336 e. The van der Waals surface area contributed by atoms with Gasteiger partial charge in [-0.05, 0) is 6.42 Å². The van der Waals surface area contributed by atoms with E-state index in [2.05, 4.69) is 27.3 Å². The van der Waals surface area contributed by atoms with Crippen molar-refractivity contribution in [1.29, 1.82) is 0 Å². The summed E-state index contributed by atoms with van der Waals surface area (Å²) in [5.74, 6) is 0.998. The van der Waals surface area contributed by atoms with Gasteiger partial charge in [0.1, 0.15) is 12.2 Å². The van der Waals surface area contributed by atoms with Gasteiger partial charge in [0.2, 0.25) is 0 Å². The summed E-state index contributed by atoms with van der Waals surface area (Å²) in [6.45, 7) is 5.64. The minimum absolute atomic E-state index is 0.759. The second-order valence-electron chi connectivity index (χ2n) is 3.88. The average Bonchev–Trinajstić information content (AvgIpc) is 2.96. The number of imidazole rings is 1. The van der Waals surface area contributed by atoms with Gasteiger partial charge in [0, 0.05) is 32.0 Å². The first kappa shape index (κ1) is 11.8. The summed E-state index contributed by atoms with van der Waals surface area (Å²) < 4.78 is 3.99. The number of hydrogen-bond acceptors (Lipinski definition) is 4. The van der Waals surface area contributed by atoms with Crippen molar-refractivity contribution in [3.8, 4) is 0 Å². The number of aryl methyl sites for hydroxylation is 1. The molecule has 2 aromatic rings. The minimum atomic E-state index is 0.759. The van der Waals surface area contributed by atoms with Crippen molar-refractivity contribution in [3.05, 3.63) is 30.9 Å². The first-order valence-electron chi connectivity index (χ1n) is 5.93. The van der Waals surface area contributed by atoms with E-state index in [1.54, 1.807) is 12.5 Å². The zero-order chi connectivity index (χ0) is 11.9. The maximum Gasteiger partial charge on any atom is 0.140 e. The second-order valence-corrected chi connectivity index (χ2v) is 3.88. The lowest BCUT2D eigenvalue weighted by Crippen LogP contribution is -2.21. The monoisotopic (exact) mass is 234 g/mol. The normalized spacial score (nSPS) is 10.9. The Morgan fingerprint density at radius 1 is 1.35 bits per heavy atom. The lowest BCUT2D eigenvalue weighted by atomic mass is 10.4. The smallest absolute Gasteiger partial charge is 0.140 e. The zero-order valence-corrected chi connectivity index (χ0v) is 10.1. The summed E-state index contributed by atoms with van der Waals surface area (Å²) in [4.78, 5) is 8.24. The van der Waals surface area contributed by atoms with E-state index in [4.69, 9.17) is 0 Å². The van der Waals surface area contributed by atoms with Crippen LogP contribution in [-0.4, -0.2) is 30.9 Å². The quantitative estimate of drug-likeness (QED) is 0.715. The molecule has 17 heavy (non-hydrogen) atoms. The molecule has 0 radical (unpaired) electrons. The van der Waals surface area contributed by atoms with E-state index in [0.717, 1.165) is 38.4 Å². The van der Waals surface area contributed by atoms with Crippen molar-refractivity contribution in [1.82, 2.24) is 29.6 Å². The molecular formula is C11H18N6. The van der Waals surface area contributed by atoms with Crippen molar-refractivity contribution < 1.29 is 0 Å². The molecular weight excluding hydrogens is 216 g/mol. The molecule has 0 unspecified atom stereocenters. The summed E-state index contributed by atoms with van der Waals surface area (Å²) in [5.41, 5.74) is 0. The fourth-order valence-corrected chi connectivity index (χ4v) is 1.65. The second kappa shape index (κ2) is 6.15. The number of rotatable bonds is 7. The van der Waals surface area contributed by atoms with Crippen LogP contribution in [0.1, 0.15) is 19.2 Å². The van der Waals surface area contributed by atoms with Crippen LogP contribution in [0.5, 0.6) is 0 Å². The first-order chi connectivity index (χ1) is 8.40. The Labute approximate surface area is 101 Å². The number of nitrogens with zero attached hydrogens (tertiary/aromatic N) is 5. The van der Waals surface area contributed by atoms with Gasteiger partial charge in [-0.3, -0.25) is 0 Å².